The van der Waals surface area contributed by atoms with Crippen LogP contribution in [0.15, 0.2) is 42.0 Å². The Bertz CT molecular complexity index is 1120. The first-order chi connectivity index (χ1) is 19.5. The van der Waals surface area contributed by atoms with Crippen LogP contribution in [-0.4, -0.2) is 108 Å². The van der Waals surface area contributed by atoms with Gasteiger partial charge in [0.25, 0.3) is 5.91 Å². The lowest BCUT2D eigenvalue weighted by Crippen LogP contribution is -2.55. The van der Waals surface area contributed by atoms with Crippen LogP contribution >= 0.6 is 0 Å². The quantitative estimate of drug-likeness (QED) is 0.242. The van der Waals surface area contributed by atoms with Crippen molar-refractivity contribution in [2.24, 2.45) is 0 Å². The smallest absolute Gasteiger partial charge is 0.453 e. The number of methoxy groups -OCH3 is 1. The summed E-state index contributed by atoms with van der Waals surface area (Å²) >= 11 is 0. The van der Waals surface area contributed by atoms with Crippen LogP contribution in [0.4, 0.5) is 9.59 Å². The summed E-state index contributed by atoms with van der Waals surface area (Å²) in [6, 6.07) is 10.3. The molecular formula is C28H40BN5O7. The third-order valence-corrected chi connectivity index (χ3v) is 7.51. The molecule has 1 aromatic rings. The lowest BCUT2D eigenvalue weighted by Gasteiger charge is -2.42. The van der Waals surface area contributed by atoms with E-state index in [4.69, 9.17) is 9.47 Å². The van der Waals surface area contributed by atoms with Crippen LogP contribution in [0.5, 0.6) is 0 Å². The Morgan fingerprint density at radius 3 is 2.41 bits per heavy atom. The van der Waals surface area contributed by atoms with Crippen molar-refractivity contribution in [3.8, 4) is 6.07 Å². The molecule has 0 radical (unpaired) electrons. The van der Waals surface area contributed by atoms with Crippen LogP contribution in [0.2, 0.25) is 6.32 Å². The topological polar surface area (TPSA) is 156 Å². The molecule has 0 spiro atoms. The number of amides is 3. The second-order valence-electron chi connectivity index (χ2n) is 10.9. The number of alkyl carbamates (subject to hydrolysis) is 1. The maximum Gasteiger partial charge on any atom is 0.453 e. The van der Waals surface area contributed by atoms with Crippen molar-refractivity contribution in [3.63, 3.8) is 0 Å². The first-order valence-corrected chi connectivity index (χ1v) is 13.9. The van der Waals surface area contributed by atoms with E-state index in [-0.39, 0.29) is 24.5 Å². The molecule has 2 heterocycles. The molecule has 2 atom stereocenters. The summed E-state index contributed by atoms with van der Waals surface area (Å²) in [6.07, 6.45) is 1.86. The van der Waals surface area contributed by atoms with Crippen molar-refractivity contribution in [3.05, 3.63) is 47.5 Å². The summed E-state index contributed by atoms with van der Waals surface area (Å²) < 4.78 is 10.5. The molecule has 2 saturated heterocycles. The average molecular weight is 569 g/mol. The molecule has 2 aliphatic heterocycles. The molecule has 0 aromatic heterocycles. The Kier molecular flexibility index (Phi) is 11.6. The zero-order chi connectivity index (χ0) is 30.0. The summed E-state index contributed by atoms with van der Waals surface area (Å²) in [5, 5.41) is 31.6. The highest BCUT2D eigenvalue weighted by Crippen LogP contribution is 2.23. The monoisotopic (exact) mass is 569 g/mol. The minimum atomic E-state index is -1.62. The van der Waals surface area contributed by atoms with Crippen molar-refractivity contribution in [1.82, 2.24) is 20.0 Å². The lowest BCUT2D eigenvalue weighted by atomic mass is 9.79. The Labute approximate surface area is 241 Å². The van der Waals surface area contributed by atoms with Gasteiger partial charge in [0.2, 0.25) is 0 Å². The van der Waals surface area contributed by atoms with Gasteiger partial charge in [-0.25, -0.2) is 9.59 Å². The van der Waals surface area contributed by atoms with Crippen LogP contribution in [-0.2, 0) is 14.3 Å². The van der Waals surface area contributed by atoms with Gasteiger partial charge in [-0.15, -0.1) is 0 Å². The molecule has 2 aliphatic rings. The largest absolute Gasteiger partial charge is 0.453 e. The van der Waals surface area contributed by atoms with E-state index < -0.39 is 36.8 Å². The summed E-state index contributed by atoms with van der Waals surface area (Å²) in [6.45, 7) is 6.52. The van der Waals surface area contributed by atoms with Crippen molar-refractivity contribution >= 4 is 25.2 Å². The van der Waals surface area contributed by atoms with Crippen molar-refractivity contribution < 1.29 is 33.9 Å². The number of hydrogen-bond donors (Lipinski definition) is 3. The van der Waals surface area contributed by atoms with Crippen molar-refractivity contribution in [1.29, 1.82) is 5.26 Å². The predicted molar refractivity (Wildman–Crippen MR) is 151 cm³/mol. The predicted octanol–water partition coefficient (Wildman–Crippen LogP) is 1.92. The van der Waals surface area contributed by atoms with E-state index in [9.17, 15) is 29.7 Å². The highest BCUT2D eigenvalue weighted by Gasteiger charge is 2.33. The molecule has 0 saturated carbocycles. The second-order valence-corrected chi connectivity index (χ2v) is 10.9. The minimum absolute atomic E-state index is 0.0107. The number of hydrogen-bond acceptors (Lipinski definition) is 9. The number of carbonyl (C=O) groups is 3. The van der Waals surface area contributed by atoms with Gasteiger partial charge in [-0.3, -0.25) is 9.69 Å². The first kappa shape index (κ1) is 31.9. The molecule has 2 fully saturated rings. The van der Waals surface area contributed by atoms with Gasteiger partial charge in [-0.2, -0.15) is 5.26 Å². The molecular weight excluding hydrogens is 529 g/mol. The zero-order valence-electron chi connectivity index (χ0n) is 24.0. The SMILES string of the molecule is COC(=O)N1CCN(C(C)(C)C=C(C#N)C(=O)N2CCCC[C@@H](OC(=O)N[C@H](CB(O)O)c3ccccc3)C2)CC1. The Hall–Kier alpha value is -3.60. The maximum absolute atomic E-state index is 13.5. The van der Waals surface area contributed by atoms with Gasteiger partial charge in [-0.1, -0.05) is 30.3 Å². The molecule has 0 unspecified atom stereocenters. The highest BCUT2D eigenvalue weighted by molar-refractivity contribution is 6.41. The average Bonchev–Trinajstić information content (AvgIpc) is 3.20. The fourth-order valence-corrected chi connectivity index (χ4v) is 5.24. The standard InChI is InChI=1S/C28H40BN5O7/c1-28(2,34-15-13-32(14-16-34)27(37)40-3)17-22(19-30)25(35)33-12-8-7-11-23(20-33)41-26(36)31-24(18-29(38)39)21-9-5-4-6-10-21/h4-6,9-10,17,23-24,38-39H,7-8,11-16,18,20H2,1-3H3,(H,31,36)/t23-,24-/m1/s1. The number of benzene rings is 1. The molecule has 13 heteroatoms. The molecule has 3 amide bonds. The molecule has 12 nitrogen and oxygen atoms in total. The number of rotatable bonds is 8. The number of carbonyl (C=O) groups excluding carboxylic acids is 3. The van der Waals surface area contributed by atoms with Gasteiger partial charge in [0, 0.05) is 44.6 Å². The Morgan fingerprint density at radius 1 is 1.12 bits per heavy atom. The van der Waals surface area contributed by atoms with Crippen LogP contribution in [0, 0.1) is 11.3 Å². The molecule has 1 aromatic carbocycles. The second kappa shape index (κ2) is 14.9. The third kappa shape index (κ3) is 9.21. The van der Waals surface area contributed by atoms with E-state index in [0.717, 1.165) is 6.42 Å². The summed E-state index contributed by atoms with van der Waals surface area (Å²) in [5.74, 6) is -0.421. The minimum Gasteiger partial charge on any atom is -0.453 e. The van der Waals surface area contributed by atoms with Gasteiger partial charge in [0.05, 0.1) is 19.7 Å². The van der Waals surface area contributed by atoms with Gasteiger partial charge in [0.15, 0.2) is 0 Å². The Morgan fingerprint density at radius 2 is 1.80 bits per heavy atom. The number of nitriles is 1. The van der Waals surface area contributed by atoms with Crippen LogP contribution < -0.4 is 5.32 Å². The zero-order valence-corrected chi connectivity index (χ0v) is 24.0. The van der Waals surface area contributed by atoms with E-state index >= 15 is 0 Å². The fraction of sp³-hybridized carbons (Fsp3) is 0.571. The van der Waals surface area contributed by atoms with E-state index in [0.29, 0.717) is 51.1 Å². The fourth-order valence-electron chi connectivity index (χ4n) is 5.24. The molecule has 0 aliphatic carbocycles. The van der Waals surface area contributed by atoms with Crippen LogP contribution in [0.1, 0.15) is 44.7 Å². The normalized spacial score (nSPS) is 19.4. The molecule has 0 bridgehead atoms. The van der Waals surface area contributed by atoms with E-state index in [1.165, 1.54) is 7.11 Å². The van der Waals surface area contributed by atoms with Gasteiger partial charge in [0.1, 0.15) is 17.7 Å². The van der Waals surface area contributed by atoms with Gasteiger partial charge in [-0.05, 0) is 44.7 Å². The summed E-state index contributed by atoms with van der Waals surface area (Å²) in [4.78, 5) is 43.4. The van der Waals surface area contributed by atoms with Crippen molar-refractivity contribution in [2.75, 3.05) is 46.4 Å². The number of nitrogens with zero attached hydrogens (tertiary/aromatic N) is 4. The van der Waals surface area contributed by atoms with Crippen LogP contribution in [0.3, 0.4) is 0 Å². The van der Waals surface area contributed by atoms with Crippen molar-refractivity contribution in [2.45, 2.75) is 57.1 Å². The number of piperazine rings is 1. The van der Waals surface area contributed by atoms with Gasteiger partial charge >= 0.3 is 19.3 Å². The molecule has 41 heavy (non-hydrogen) atoms. The molecule has 3 N–H and O–H groups in total. The first-order valence-electron chi connectivity index (χ1n) is 13.9. The van der Waals surface area contributed by atoms with E-state index in [1.54, 1.807) is 40.1 Å². The summed E-state index contributed by atoms with van der Waals surface area (Å²) in [7, 11) is -0.273. The van der Waals surface area contributed by atoms with Gasteiger partial charge < -0.3 is 34.6 Å². The lowest BCUT2D eigenvalue weighted by molar-refractivity contribution is -0.127. The number of likely N-dealkylation sites (tertiary alicyclic amines) is 1. The molecule has 3 rings (SSSR count). The third-order valence-electron chi connectivity index (χ3n) is 7.51. The maximum atomic E-state index is 13.5. The Balaban J connectivity index is 1.64. The summed E-state index contributed by atoms with van der Waals surface area (Å²) in [5.41, 5.74) is 0.0961. The highest BCUT2D eigenvalue weighted by atomic mass is 16.6. The number of ether oxygens (including phenoxy) is 2. The van der Waals surface area contributed by atoms with E-state index in [2.05, 4.69) is 16.3 Å². The molecule has 222 valence electrons. The van der Waals surface area contributed by atoms with Crippen LogP contribution in [0.25, 0.3) is 0 Å². The number of nitrogens with one attached hydrogen (secondary N) is 1. The van der Waals surface area contributed by atoms with E-state index in [1.807, 2.05) is 19.9 Å².